The molecule has 0 saturated carbocycles. The van der Waals surface area contributed by atoms with E-state index in [9.17, 15) is 4.79 Å². The van der Waals surface area contributed by atoms with Crippen LogP contribution < -0.4 is 16.1 Å². The smallest absolute Gasteiger partial charge is 0.293 e. The maximum absolute atomic E-state index is 12.2. The second kappa shape index (κ2) is 7.01. The number of nitrogens with one attached hydrogen (secondary N) is 1. The van der Waals surface area contributed by atoms with E-state index in [2.05, 4.69) is 35.8 Å². The number of hydrogen-bond acceptors (Lipinski definition) is 9. The fourth-order valence-corrected chi connectivity index (χ4v) is 2.15. The number of benzene rings is 1. The zero-order valence-electron chi connectivity index (χ0n) is 14.4. The molecule has 0 unspecified atom stereocenters. The molecule has 1 amide bonds. The number of aromatic nitrogens is 5. The van der Waals surface area contributed by atoms with E-state index in [4.69, 9.17) is 5.73 Å². The van der Waals surface area contributed by atoms with E-state index in [0.29, 0.717) is 5.69 Å². The van der Waals surface area contributed by atoms with Gasteiger partial charge in [0.1, 0.15) is 0 Å². The summed E-state index contributed by atoms with van der Waals surface area (Å²) >= 11 is 0. The van der Waals surface area contributed by atoms with Crippen molar-refractivity contribution in [2.45, 2.75) is 6.92 Å². The quantitative estimate of drug-likeness (QED) is 0.494. The fraction of sp³-hybridized carbons (Fsp3) is 0.200. The number of amides is 1. The number of carbonyl (C=O) groups is 1. The first-order valence-electron chi connectivity index (χ1n) is 7.59. The Labute approximate surface area is 148 Å². The largest absolute Gasteiger partial charge is 0.378 e. The fourth-order valence-electron chi connectivity index (χ4n) is 2.15. The van der Waals surface area contributed by atoms with Crippen molar-refractivity contribution in [3.63, 3.8) is 0 Å². The van der Waals surface area contributed by atoms with Crippen molar-refractivity contribution in [3.05, 3.63) is 41.2 Å². The number of nitrogens with zero attached hydrogens (tertiary/aromatic N) is 7. The van der Waals surface area contributed by atoms with Gasteiger partial charge in [0.25, 0.3) is 5.91 Å². The Hall–Kier alpha value is -3.76. The van der Waals surface area contributed by atoms with Crippen molar-refractivity contribution in [2.24, 2.45) is 5.10 Å². The number of hydrogen-bond donors (Lipinski definition) is 2. The van der Waals surface area contributed by atoms with Gasteiger partial charge >= 0.3 is 0 Å². The highest BCUT2D eigenvalue weighted by Gasteiger charge is 2.20. The molecule has 2 aromatic heterocycles. The van der Waals surface area contributed by atoms with Crippen LogP contribution >= 0.6 is 0 Å². The summed E-state index contributed by atoms with van der Waals surface area (Å²) in [6.07, 6.45) is 1.54. The van der Waals surface area contributed by atoms with Crippen LogP contribution in [0.3, 0.4) is 0 Å². The third-order valence-electron chi connectivity index (χ3n) is 3.60. The van der Waals surface area contributed by atoms with E-state index in [1.165, 1.54) is 10.9 Å². The minimum Gasteiger partial charge on any atom is -0.378 e. The van der Waals surface area contributed by atoms with Gasteiger partial charge in [-0.2, -0.15) is 9.78 Å². The monoisotopic (exact) mass is 355 g/mol. The van der Waals surface area contributed by atoms with Crippen molar-refractivity contribution in [1.82, 2.24) is 30.7 Å². The summed E-state index contributed by atoms with van der Waals surface area (Å²) in [5, 5.41) is 18.7. The standard InChI is InChI=1S/C15H17N9O2/c1-9-12(18-22-24(9)14-13(16)20-26-21-14)15(25)19-17-8-10-4-6-11(7-5-10)23(2)3/h4-8H,1-3H3,(H2,16,20)(H,19,25)/b17-8-. The molecule has 11 heteroatoms. The summed E-state index contributed by atoms with van der Waals surface area (Å²) in [7, 11) is 3.92. The van der Waals surface area contributed by atoms with Crippen molar-refractivity contribution in [1.29, 1.82) is 0 Å². The molecule has 26 heavy (non-hydrogen) atoms. The van der Waals surface area contributed by atoms with Crippen molar-refractivity contribution in [3.8, 4) is 5.82 Å². The molecule has 134 valence electrons. The highest BCUT2D eigenvalue weighted by molar-refractivity contribution is 5.94. The molecule has 3 N–H and O–H groups in total. The highest BCUT2D eigenvalue weighted by atomic mass is 16.6. The van der Waals surface area contributed by atoms with Crippen LogP contribution in [0.2, 0.25) is 0 Å². The first-order chi connectivity index (χ1) is 12.5. The molecule has 0 atom stereocenters. The maximum atomic E-state index is 12.2. The third-order valence-corrected chi connectivity index (χ3v) is 3.60. The molecule has 0 bridgehead atoms. The molecule has 0 radical (unpaired) electrons. The molecule has 3 rings (SSSR count). The molecule has 1 aromatic carbocycles. The van der Waals surface area contributed by atoms with Gasteiger partial charge in [-0.3, -0.25) is 4.79 Å². The van der Waals surface area contributed by atoms with E-state index < -0.39 is 5.91 Å². The number of rotatable bonds is 5. The van der Waals surface area contributed by atoms with Crippen LogP contribution in [0.5, 0.6) is 0 Å². The summed E-state index contributed by atoms with van der Waals surface area (Å²) in [4.78, 5) is 14.2. The van der Waals surface area contributed by atoms with Crippen LogP contribution in [-0.4, -0.2) is 51.5 Å². The molecule has 11 nitrogen and oxygen atoms in total. The molecule has 0 saturated heterocycles. The number of anilines is 2. The van der Waals surface area contributed by atoms with Gasteiger partial charge in [-0.1, -0.05) is 17.3 Å². The van der Waals surface area contributed by atoms with E-state index in [1.54, 1.807) is 6.92 Å². The number of carbonyl (C=O) groups excluding carboxylic acids is 1. The van der Waals surface area contributed by atoms with Gasteiger partial charge in [-0.15, -0.1) is 5.10 Å². The maximum Gasteiger partial charge on any atom is 0.293 e. The molecule has 0 aliphatic heterocycles. The average molecular weight is 355 g/mol. The van der Waals surface area contributed by atoms with Crippen LogP contribution in [0.4, 0.5) is 11.5 Å². The summed E-state index contributed by atoms with van der Waals surface area (Å²) in [6, 6.07) is 7.70. The van der Waals surface area contributed by atoms with Gasteiger partial charge in [-0.25, -0.2) is 10.1 Å². The second-order valence-corrected chi connectivity index (χ2v) is 5.59. The van der Waals surface area contributed by atoms with Crippen molar-refractivity contribution < 1.29 is 9.42 Å². The summed E-state index contributed by atoms with van der Waals surface area (Å²) in [6.45, 7) is 1.65. The van der Waals surface area contributed by atoms with Gasteiger partial charge in [0.15, 0.2) is 5.69 Å². The van der Waals surface area contributed by atoms with Crippen LogP contribution in [-0.2, 0) is 0 Å². The lowest BCUT2D eigenvalue weighted by atomic mass is 10.2. The lowest BCUT2D eigenvalue weighted by Gasteiger charge is -2.11. The average Bonchev–Trinajstić information content (AvgIpc) is 3.20. The summed E-state index contributed by atoms with van der Waals surface area (Å²) in [5.41, 5.74) is 10.5. The van der Waals surface area contributed by atoms with E-state index in [1.807, 2.05) is 43.3 Å². The van der Waals surface area contributed by atoms with Crippen LogP contribution in [0.15, 0.2) is 34.0 Å². The summed E-state index contributed by atoms with van der Waals surface area (Å²) < 4.78 is 5.79. The Morgan fingerprint density at radius 3 is 2.65 bits per heavy atom. The lowest BCUT2D eigenvalue weighted by molar-refractivity contribution is 0.0949. The number of nitrogen functional groups attached to an aromatic ring is 1. The molecule has 3 aromatic rings. The predicted molar refractivity (Wildman–Crippen MR) is 94.2 cm³/mol. The zero-order valence-corrected chi connectivity index (χ0v) is 14.4. The Morgan fingerprint density at radius 1 is 1.31 bits per heavy atom. The predicted octanol–water partition coefficient (Wildman–Crippen LogP) is 0.371. The van der Waals surface area contributed by atoms with Gasteiger partial charge in [-0.05, 0) is 34.9 Å². The van der Waals surface area contributed by atoms with Gasteiger partial charge in [0.05, 0.1) is 11.9 Å². The zero-order chi connectivity index (χ0) is 18.7. The molecule has 2 heterocycles. The molecule has 0 aliphatic carbocycles. The van der Waals surface area contributed by atoms with Crippen LogP contribution in [0.1, 0.15) is 21.7 Å². The van der Waals surface area contributed by atoms with Crippen molar-refractivity contribution in [2.75, 3.05) is 24.7 Å². The number of hydrazone groups is 1. The minimum absolute atomic E-state index is 0.0455. The molecular formula is C15H17N9O2. The second-order valence-electron chi connectivity index (χ2n) is 5.59. The Kier molecular flexibility index (Phi) is 4.60. The topological polar surface area (TPSA) is 140 Å². The number of nitrogens with two attached hydrogens (primary N) is 1. The Balaban J connectivity index is 1.69. The van der Waals surface area contributed by atoms with Gasteiger partial charge < -0.3 is 10.6 Å². The highest BCUT2D eigenvalue weighted by Crippen LogP contribution is 2.14. The first-order valence-corrected chi connectivity index (χ1v) is 7.59. The SMILES string of the molecule is Cc1c(C(=O)N/N=C\c2ccc(N(C)C)cc2)nnn1-c1nonc1N. The third kappa shape index (κ3) is 3.36. The van der Waals surface area contributed by atoms with Crippen LogP contribution in [0, 0.1) is 6.92 Å². The van der Waals surface area contributed by atoms with E-state index >= 15 is 0 Å². The van der Waals surface area contributed by atoms with Crippen molar-refractivity contribution >= 4 is 23.6 Å². The Morgan fingerprint density at radius 2 is 2.04 bits per heavy atom. The summed E-state index contributed by atoms with van der Waals surface area (Å²) in [5.74, 6) is -0.298. The van der Waals surface area contributed by atoms with E-state index in [-0.39, 0.29) is 17.3 Å². The van der Waals surface area contributed by atoms with E-state index in [0.717, 1.165) is 11.3 Å². The Bertz CT molecular complexity index is 940. The molecule has 0 fully saturated rings. The van der Waals surface area contributed by atoms with Crippen LogP contribution in [0.25, 0.3) is 5.82 Å². The normalized spacial score (nSPS) is 11.0. The molecule has 0 aliphatic rings. The first kappa shape index (κ1) is 17.1. The van der Waals surface area contributed by atoms with Gasteiger partial charge in [0, 0.05) is 19.8 Å². The molecular weight excluding hydrogens is 338 g/mol. The lowest BCUT2D eigenvalue weighted by Crippen LogP contribution is -2.19. The minimum atomic E-state index is -0.509. The molecule has 0 spiro atoms. The van der Waals surface area contributed by atoms with Gasteiger partial charge in [0.2, 0.25) is 11.6 Å².